The van der Waals surface area contributed by atoms with Crippen LogP contribution in [0.15, 0.2) is 17.7 Å². The van der Waals surface area contributed by atoms with Crippen LogP contribution in [0.4, 0.5) is 0 Å². The third-order valence-electron chi connectivity index (χ3n) is 4.10. The number of rotatable bonds is 4. The van der Waals surface area contributed by atoms with Gasteiger partial charge in [0.1, 0.15) is 0 Å². The molecule has 4 heteroatoms. The number of hydrogen-bond acceptors (Lipinski definition) is 4. The van der Waals surface area contributed by atoms with Crippen molar-refractivity contribution >= 4 is 6.08 Å². The Morgan fingerprint density at radius 1 is 1.10 bits per heavy atom. The summed E-state index contributed by atoms with van der Waals surface area (Å²) in [6, 6.07) is 3.82. The molecule has 110 valence electrons. The first kappa shape index (κ1) is 14.7. The molecule has 0 aliphatic heterocycles. The van der Waals surface area contributed by atoms with E-state index in [9.17, 15) is 5.11 Å². The predicted octanol–water partition coefficient (Wildman–Crippen LogP) is 2.89. The Kier molecular flexibility index (Phi) is 3.95. The van der Waals surface area contributed by atoms with E-state index < -0.39 is 0 Å². The van der Waals surface area contributed by atoms with Crippen molar-refractivity contribution in [3.8, 4) is 17.2 Å². The lowest BCUT2D eigenvalue weighted by Crippen LogP contribution is -2.42. The van der Waals surface area contributed by atoms with Gasteiger partial charge in [-0.15, -0.1) is 0 Å². The van der Waals surface area contributed by atoms with E-state index in [4.69, 9.17) is 14.2 Å². The monoisotopic (exact) mass is 278 g/mol. The van der Waals surface area contributed by atoms with E-state index in [-0.39, 0.29) is 11.5 Å². The summed E-state index contributed by atoms with van der Waals surface area (Å²) in [7, 11) is 4.79. The third kappa shape index (κ3) is 2.36. The van der Waals surface area contributed by atoms with Crippen LogP contribution in [0.25, 0.3) is 6.08 Å². The average Bonchev–Trinajstić information content (AvgIpc) is 2.45. The first-order chi connectivity index (χ1) is 9.43. The third-order valence-corrected chi connectivity index (χ3v) is 4.10. The maximum Gasteiger partial charge on any atom is 0.203 e. The molecular formula is C16H22O4. The van der Waals surface area contributed by atoms with E-state index in [1.54, 1.807) is 21.3 Å². The Balaban J connectivity index is 2.41. The van der Waals surface area contributed by atoms with E-state index in [0.29, 0.717) is 23.7 Å². The van der Waals surface area contributed by atoms with Gasteiger partial charge in [-0.2, -0.15) is 0 Å². The number of ether oxygens (including phenoxy) is 3. The smallest absolute Gasteiger partial charge is 0.203 e. The Morgan fingerprint density at radius 3 is 2.00 bits per heavy atom. The lowest BCUT2D eigenvalue weighted by molar-refractivity contribution is 0.0195. The van der Waals surface area contributed by atoms with Gasteiger partial charge < -0.3 is 19.3 Å². The predicted molar refractivity (Wildman–Crippen MR) is 78.5 cm³/mol. The van der Waals surface area contributed by atoms with Crippen molar-refractivity contribution in [3.63, 3.8) is 0 Å². The average molecular weight is 278 g/mol. The van der Waals surface area contributed by atoms with Gasteiger partial charge in [0.25, 0.3) is 0 Å². The molecule has 0 aromatic heterocycles. The quantitative estimate of drug-likeness (QED) is 0.920. The van der Waals surface area contributed by atoms with Crippen molar-refractivity contribution in [2.24, 2.45) is 5.41 Å². The molecule has 1 aromatic rings. The summed E-state index contributed by atoms with van der Waals surface area (Å²) in [5.41, 5.74) is 2.04. The van der Waals surface area contributed by atoms with Gasteiger partial charge in [-0.25, -0.2) is 0 Å². The van der Waals surface area contributed by atoms with Crippen molar-refractivity contribution in [1.29, 1.82) is 0 Å². The summed E-state index contributed by atoms with van der Waals surface area (Å²) >= 11 is 0. The lowest BCUT2D eigenvalue weighted by Gasteiger charge is -2.44. The summed E-state index contributed by atoms with van der Waals surface area (Å²) in [6.45, 7) is 4.09. The topological polar surface area (TPSA) is 47.9 Å². The molecule has 0 amide bonds. The molecule has 0 heterocycles. The van der Waals surface area contributed by atoms with Crippen LogP contribution >= 0.6 is 0 Å². The van der Waals surface area contributed by atoms with Crippen LogP contribution in [0.5, 0.6) is 17.2 Å². The molecule has 1 fully saturated rings. The Bertz CT molecular complexity index is 506. The molecule has 0 saturated heterocycles. The molecule has 0 bridgehead atoms. The van der Waals surface area contributed by atoms with Gasteiger partial charge in [0.05, 0.1) is 27.4 Å². The zero-order valence-corrected chi connectivity index (χ0v) is 12.7. The molecule has 4 nitrogen and oxygen atoms in total. The molecule has 1 N–H and O–H groups in total. The Labute approximate surface area is 120 Å². The SMILES string of the molecule is COc1cc(/C=C2\CC(O)C2(C)C)cc(OC)c1OC. The highest BCUT2D eigenvalue weighted by atomic mass is 16.5. The fourth-order valence-corrected chi connectivity index (χ4v) is 2.44. The molecule has 20 heavy (non-hydrogen) atoms. The van der Waals surface area contributed by atoms with E-state index in [2.05, 4.69) is 6.08 Å². The molecule has 0 radical (unpaired) electrons. The molecule has 2 rings (SSSR count). The van der Waals surface area contributed by atoms with Gasteiger partial charge >= 0.3 is 0 Å². The number of methoxy groups -OCH3 is 3. The fraction of sp³-hybridized carbons (Fsp3) is 0.500. The van der Waals surface area contributed by atoms with Gasteiger partial charge in [-0.05, 0) is 24.1 Å². The van der Waals surface area contributed by atoms with Gasteiger partial charge in [-0.3, -0.25) is 0 Å². The minimum absolute atomic E-state index is 0.166. The summed E-state index contributed by atoms with van der Waals surface area (Å²) in [4.78, 5) is 0. The van der Waals surface area contributed by atoms with Crippen molar-refractivity contribution in [1.82, 2.24) is 0 Å². The van der Waals surface area contributed by atoms with Crippen LogP contribution in [0.3, 0.4) is 0 Å². The summed E-state index contributed by atoms with van der Waals surface area (Å²) in [6.07, 6.45) is 2.52. The van der Waals surface area contributed by atoms with Crippen LogP contribution in [0.2, 0.25) is 0 Å². The van der Waals surface area contributed by atoms with E-state index in [1.165, 1.54) is 5.57 Å². The highest BCUT2D eigenvalue weighted by Gasteiger charge is 2.42. The first-order valence-electron chi connectivity index (χ1n) is 6.63. The molecule has 1 aliphatic rings. The van der Waals surface area contributed by atoms with Crippen molar-refractivity contribution in [2.45, 2.75) is 26.4 Å². The molecule has 1 atom stereocenters. The lowest BCUT2D eigenvalue weighted by atomic mass is 9.64. The van der Waals surface area contributed by atoms with Crippen LogP contribution in [-0.4, -0.2) is 32.5 Å². The molecule has 1 saturated carbocycles. The zero-order chi connectivity index (χ0) is 14.9. The summed E-state index contributed by atoms with van der Waals surface area (Å²) in [5.74, 6) is 1.86. The van der Waals surface area contributed by atoms with Crippen molar-refractivity contribution in [2.75, 3.05) is 21.3 Å². The van der Waals surface area contributed by atoms with Crippen molar-refractivity contribution in [3.05, 3.63) is 23.3 Å². The second-order valence-electron chi connectivity index (χ2n) is 5.57. The molecular weight excluding hydrogens is 256 g/mol. The molecule has 1 aliphatic carbocycles. The number of aliphatic hydroxyl groups excluding tert-OH is 1. The largest absolute Gasteiger partial charge is 0.493 e. The zero-order valence-electron chi connectivity index (χ0n) is 12.7. The minimum Gasteiger partial charge on any atom is -0.493 e. The second-order valence-corrected chi connectivity index (χ2v) is 5.57. The van der Waals surface area contributed by atoms with Gasteiger partial charge in [-0.1, -0.05) is 25.5 Å². The highest BCUT2D eigenvalue weighted by Crippen LogP contribution is 2.47. The minimum atomic E-state index is -0.268. The van der Waals surface area contributed by atoms with Crippen molar-refractivity contribution < 1.29 is 19.3 Å². The van der Waals surface area contributed by atoms with Gasteiger partial charge in [0, 0.05) is 5.41 Å². The maximum absolute atomic E-state index is 9.80. The molecule has 1 unspecified atom stereocenters. The van der Waals surface area contributed by atoms with E-state index >= 15 is 0 Å². The van der Waals surface area contributed by atoms with Gasteiger partial charge in [0.15, 0.2) is 11.5 Å². The Morgan fingerprint density at radius 2 is 1.65 bits per heavy atom. The maximum atomic E-state index is 9.80. The van der Waals surface area contributed by atoms with E-state index in [1.807, 2.05) is 26.0 Å². The number of hydrogen-bond donors (Lipinski definition) is 1. The van der Waals surface area contributed by atoms with Crippen LogP contribution in [0, 0.1) is 5.41 Å². The summed E-state index contributed by atoms with van der Waals surface area (Å²) in [5, 5.41) is 9.80. The van der Waals surface area contributed by atoms with Gasteiger partial charge in [0.2, 0.25) is 5.75 Å². The first-order valence-corrected chi connectivity index (χ1v) is 6.63. The second kappa shape index (κ2) is 5.37. The van der Waals surface area contributed by atoms with Crippen LogP contribution < -0.4 is 14.2 Å². The van der Waals surface area contributed by atoms with Crippen LogP contribution in [-0.2, 0) is 0 Å². The normalized spacial score (nSPS) is 22.3. The Hall–Kier alpha value is -1.68. The standard InChI is InChI=1S/C16H22O4/c1-16(2)11(9-14(16)17)6-10-7-12(18-3)15(20-5)13(8-10)19-4/h6-8,14,17H,9H2,1-5H3/b11-6+. The number of benzene rings is 1. The van der Waals surface area contributed by atoms with E-state index in [0.717, 1.165) is 5.56 Å². The number of aliphatic hydroxyl groups is 1. The highest BCUT2D eigenvalue weighted by molar-refractivity contribution is 5.65. The molecule has 1 aromatic carbocycles. The fourth-order valence-electron chi connectivity index (χ4n) is 2.44. The van der Waals surface area contributed by atoms with Crippen LogP contribution in [0.1, 0.15) is 25.8 Å². The molecule has 0 spiro atoms. The summed E-state index contributed by atoms with van der Waals surface area (Å²) < 4.78 is 16.0.